The number of carbonyl (C=O) groups is 1. The Bertz CT molecular complexity index is 328. The third-order valence-corrected chi connectivity index (χ3v) is 3.01. The lowest BCUT2D eigenvalue weighted by Crippen LogP contribution is -2.30. The molecular weight excluding hydrogens is 186 g/mol. The fraction of sp³-hybridized carbons (Fsp3) is 0.462. The SMILES string of the molecule is CC(=O)C(c1ccccc1)N1CCCC1. The van der Waals surface area contributed by atoms with Gasteiger partial charge in [0.1, 0.15) is 0 Å². The van der Waals surface area contributed by atoms with E-state index in [4.69, 9.17) is 0 Å². The Hall–Kier alpha value is -1.15. The van der Waals surface area contributed by atoms with Crippen LogP contribution in [0.25, 0.3) is 0 Å². The van der Waals surface area contributed by atoms with Crippen LogP contribution in [0.15, 0.2) is 30.3 Å². The summed E-state index contributed by atoms with van der Waals surface area (Å²) in [7, 11) is 0. The second-order valence-corrected chi connectivity index (χ2v) is 4.17. The van der Waals surface area contributed by atoms with Gasteiger partial charge in [0.25, 0.3) is 0 Å². The van der Waals surface area contributed by atoms with Crippen LogP contribution in [0.1, 0.15) is 31.4 Å². The Balaban J connectivity index is 2.23. The number of nitrogens with zero attached hydrogens (tertiary/aromatic N) is 1. The van der Waals surface area contributed by atoms with Crippen LogP contribution in [0.4, 0.5) is 0 Å². The first-order chi connectivity index (χ1) is 7.29. The van der Waals surface area contributed by atoms with Gasteiger partial charge in [0.2, 0.25) is 0 Å². The molecule has 1 unspecified atom stereocenters. The van der Waals surface area contributed by atoms with Crippen molar-refractivity contribution in [2.24, 2.45) is 0 Å². The number of rotatable bonds is 3. The first-order valence-corrected chi connectivity index (χ1v) is 5.58. The van der Waals surface area contributed by atoms with E-state index in [1.54, 1.807) is 6.92 Å². The number of likely N-dealkylation sites (tertiary alicyclic amines) is 1. The zero-order chi connectivity index (χ0) is 10.7. The lowest BCUT2D eigenvalue weighted by atomic mass is 10.0. The number of hydrogen-bond donors (Lipinski definition) is 0. The molecule has 2 nitrogen and oxygen atoms in total. The summed E-state index contributed by atoms with van der Waals surface area (Å²) in [5.41, 5.74) is 1.13. The third-order valence-electron chi connectivity index (χ3n) is 3.01. The molecule has 0 spiro atoms. The predicted octanol–water partition coefficient (Wildman–Crippen LogP) is 2.41. The van der Waals surface area contributed by atoms with E-state index < -0.39 is 0 Å². The molecule has 0 aliphatic carbocycles. The van der Waals surface area contributed by atoms with Gasteiger partial charge in [0.15, 0.2) is 5.78 Å². The average molecular weight is 203 g/mol. The zero-order valence-electron chi connectivity index (χ0n) is 9.15. The topological polar surface area (TPSA) is 20.3 Å². The summed E-state index contributed by atoms with van der Waals surface area (Å²) >= 11 is 0. The van der Waals surface area contributed by atoms with Crippen molar-refractivity contribution in [2.75, 3.05) is 13.1 Å². The fourth-order valence-corrected chi connectivity index (χ4v) is 2.34. The minimum Gasteiger partial charge on any atom is -0.298 e. The van der Waals surface area contributed by atoms with Crippen LogP contribution in [0, 0.1) is 0 Å². The summed E-state index contributed by atoms with van der Waals surface area (Å²) in [6.45, 7) is 3.80. The predicted molar refractivity (Wildman–Crippen MR) is 60.7 cm³/mol. The number of Topliss-reactive ketones (excluding diaryl/α,β-unsaturated/α-hetero) is 1. The fourth-order valence-electron chi connectivity index (χ4n) is 2.34. The van der Waals surface area contributed by atoms with Crippen molar-refractivity contribution in [3.63, 3.8) is 0 Å². The number of hydrogen-bond acceptors (Lipinski definition) is 2. The summed E-state index contributed by atoms with van der Waals surface area (Å²) in [4.78, 5) is 14.0. The molecule has 1 aromatic rings. The van der Waals surface area contributed by atoms with Gasteiger partial charge in [-0.3, -0.25) is 9.69 Å². The summed E-state index contributed by atoms with van der Waals surface area (Å²) < 4.78 is 0. The molecule has 1 aromatic carbocycles. The van der Waals surface area contributed by atoms with E-state index >= 15 is 0 Å². The van der Waals surface area contributed by atoms with Crippen molar-refractivity contribution in [2.45, 2.75) is 25.8 Å². The monoisotopic (exact) mass is 203 g/mol. The molecule has 0 amide bonds. The van der Waals surface area contributed by atoms with Crippen molar-refractivity contribution in [3.8, 4) is 0 Å². The van der Waals surface area contributed by atoms with Crippen LogP contribution in [-0.2, 0) is 4.79 Å². The second kappa shape index (κ2) is 4.58. The first-order valence-electron chi connectivity index (χ1n) is 5.58. The molecule has 0 N–H and O–H groups in total. The Kier molecular flexibility index (Phi) is 3.17. The molecule has 0 aromatic heterocycles. The van der Waals surface area contributed by atoms with Crippen molar-refractivity contribution in [3.05, 3.63) is 35.9 Å². The van der Waals surface area contributed by atoms with E-state index in [1.165, 1.54) is 12.8 Å². The highest BCUT2D eigenvalue weighted by atomic mass is 16.1. The van der Waals surface area contributed by atoms with Crippen molar-refractivity contribution in [1.29, 1.82) is 0 Å². The van der Waals surface area contributed by atoms with Gasteiger partial charge >= 0.3 is 0 Å². The minimum atomic E-state index is -0.0197. The normalized spacial score (nSPS) is 19.0. The van der Waals surface area contributed by atoms with Gasteiger partial charge in [-0.15, -0.1) is 0 Å². The van der Waals surface area contributed by atoms with Gasteiger partial charge in [0, 0.05) is 0 Å². The van der Waals surface area contributed by atoms with Crippen LogP contribution >= 0.6 is 0 Å². The number of benzene rings is 1. The molecule has 0 bridgehead atoms. The minimum absolute atomic E-state index is 0.0197. The molecule has 1 heterocycles. The zero-order valence-corrected chi connectivity index (χ0v) is 9.15. The maximum atomic E-state index is 11.7. The summed E-state index contributed by atoms with van der Waals surface area (Å²) in [5, 5.41) is 0. The van der Waals surface area contributed by atoms with Crippen LogP contribution in [-0.4, -0.2) is 23.8 Å². The van der Waals surface area contributed by atoms with Crippen LogP contribution in [0.5, 0.6) is 0 Å². The molecule has 2 heteroatoms. The van der Waals surface area contributed by atoms with Gasteiger partial charge < -0.3 is 0 Å². The van der Waals surface area contributed by atoms with E-state index in [-0.39, 0.29) is 11.8 Å². The van der Waals surface area contributed by atoms with Gasteiger partial charge in [-0.25, -0.2) is 0 Å². The smallest absolute Gasteiger partial charge is 0.151 e. The Morgan fingerprint density at radius 2 is 1.80 bits per heavy atom. The maximum absolute atomic E-state index is 11.7. The van der Waals surface area contributed by atoms with Crippen molar-refractivity contribution < 1.29 is 4.79 Å². The van der Waals surface area contributed by atoms with Gasteiger partial charge in [0.05, 0.1) is 6.04 Å². The van der Waals surface area contributed by atoms with Crippen LogP contribution in [0.3, 0.4) is 0 Å². The standard InChI is InChI=1S/C13H17NO/c1-11(15)13(14-9-5-6-10-14)12-7-3-2-4-8-12/h2-4,7-8,13H,5-6,9-10H2,1H3. The molecule has 1 aliphatic rings. The molecule has 1 aliphatic heterocycles. The van der Waals surface area contributed by atoms with Crippen molar-refractivity contribution in [1.82, 2.24) is 4.90 Å². The van der Waals surface area contributed by atoms with Crippen LogP contribution in [0.2, 0.25) is 0 Å². The van der Waals surface area contributed by atoms with Gasteiger partial charge in [-0.2, -0.15) is 0 Å². The number of ketones is 1. The van der Waals surface area contributed by atoms with Gasteiger partial charge in [-0.1, -0.05) is 30.3 Å². The Morgan fingerprint density at radius 1 is 1.20 bits per heavy atom. The quantitative estimate of drug-likeness (QED) is 0.752. The maximum Gasteiger partial charge on any atom is 0.151 e. The number of carbonyl (C=O) groups excluding carboxylic acids is 1. The lowest BCUT2D eigenvalue weighted by molar-refractivity contribution is -0.122. The lowest BCUT2D eigenvalue weighted by Gasteiger charge is -2.25. The highest BCUT2D eigenvalue weighted by Gasteiger charge is 2.26. The summed E-state index contributed by atoms with van der Waals surface area (Å²) in [5.74, 6) is 0.253. The molecular formula is C13H17NO. The molecule has 1 saturated heterocycles. The van der Waals surface area contributed by atoms with Crippen molar-refractivity contribution >= 4 is 5.78 Å². The Morgan fingerprint density at radius 3 is 2.33 bits per heavy atom. The largest absolute Gasteiger partial charge is 0.298 e. The molecule has 1 atom stereocenters. The van der Waals surface area contributed by atoms with Crippen LogP contribution < -0.4 is 0 Å². The first kappa shape index (κ1) is 10.4. The third kappa shape index (κ3) is 2.26. The molecule has 0 radical (unpaired) electrons. The molecule has 1 fully saturated rings. The summed E-state index contributed by atoms with van der Waals surface area (Å²) in [6.07, 6.45) is 2.44. The van der Waals surface area contributed by atoms with E-state index in [0.717, 1.165) is 18.7 Å². The van der Waals surface area contributed by atoms with E-state index in [0.29, 0.717) is 0 Å². The molecule has 2 rings (SSSR count). The molecule has 0 saturated carbocycles. The van der Waals surface area contributed by atoms with E-state index in [9.17, 15) is 4.79 Å². The Labute approximate surface area is 90.9 Å². The molecule has 80 valence electrons. The van der Waals surface area contributed by atoms with E-state index in [1.807, 2.05) is 30.3 Å². The van der Waals surface area contributed by atoms with Gasteiger partial charge in [-0.05, 0) is 38.4 Å². The van der Waals surface area contributed by atoms with E-state index in [2.05, 4.69) is 4.90 Å². The molecule has 15 heavy (non-hydrogen) atoms. The summed E-state index contributed by atoms with van der Waals surface area (Å²) in [6, 6.07) is 10.1. The highest BCUT2D eigenvalue weighted by molar-refractivity contribution is 5.82. The second-order valence-electron chi connectivity index (χ2n) is 4.17. The average Bonchev–Trinajstić information content (AvgIpc) is 2.72. The highest BCUT2D eigenvalue weighted by Crippen LogP contribution is 2.25.